The molecule has 3 aromatic rings. The highest BCUT2D eigenvalue weighted by Gasteiger charge is 2.20. The maximum Gasteiger partial charge on any atom is 0.264 e. The fraction of sp³-hybridized carbons (Fsp3) is 0.316. The van der Waals surface area contributed by atoms with Crippen LogP contribution in [0.5, 0.6) is 0 Å². The van der Waals surface area contributed by atoms with E-state index in [9.17, 15) is 8.42 Å². The van der Waals surface area contributed by atoms with Crippen molar-refractivity contribution in [3.63, 3.8) is 0 Å². The number of sulfonamides is 1. The van der Waals surface area contributed by atoms with Gasteiger partial charge in [-0.2, -0.15) is 0 Å². The van der Waals surface area contributed by atoms with Crippen molar-refractivity contribution in [3.8, 4) is 0 Å². The number of nitrogens with zero attached hydrogens (tertiary/aromatic N) is 3. The lowest BCUT2D eigenvalue weighted by molar-refractivity contribution is 0.0366. The molecule has 1 saturated heterocycles. The molecular formula is C19H21BrN4O3S. The first-order valence-corrected chi connectivity index (χ1v) is 11.3. The van der Waals surface area contributed by atoms with Gasteiger partial charge < -0.3 is 9.30 Å². The molecule has 0 radical (unpaired) electrons. The van der Waals surface area contributed by atoms with E-state index in [2.05, 4.69) is 30.5 Å². The minimum absolute atomic E-state index is 0.197. The van der Waals surface area contributed by atoms with Gasteiger partial charge in [0, 0.05) is 30.7 Å². The Morgan fingerprint density at radius 2 is 1.75 bits per heavy atom. The van der Waals surface area contributed by atoms with Crippen LogP contribution in [-0.2, 0) is 21.3 Å². The van der Waals surface area contributed by atoms with Crippen LogP contribution in [0.25, 0.3) is 11.0 Å². The van der Waals surface area contributed by atoms with E-state index in [-0.39, 0.29) is 4.90 Å². The van der Waals surface area contributed by atoms with Gasteiger partial charge in [-0.1, -0.05) is 28.1 Å². The van der Waals surface area contributed by atoms with E-state index in [4.69, 9.17) is 4.74 Å². The molecule has 1 N–H and O–H groups in total. The molecule has 28 heavy (non-hydrogen) atoms. The number of para-hydroxylation sites is 2. The summed E-state index contributed by atoms with van der Waals surface area (Å²) in [6.07, 6.45) is 0. The number of anilines is 1. The number of fused-ring (bicyclic) bond motifs is 1. The topological polar surface area (TPSA) is 76.5 Å². The third-order valence-corrected chi connectivity index (χ3v) is 6.62. The Bertz CT molecular complexity index is 1060. The van der Waals surface area contributed by atoms with Crippen LogP contribution in [0.1, 0.15) is 0 Å². The van der Waals surface area contributed by atoms with Gasteiger partial charge in [0.2, 0.25) is 5.95 Å². The number of halogens is 1. The predicted molar refractivity (Wildman–Crippen MR) is 112 cm³/mol. The highest BCUT2D eigenvalue weighted by molar-refractivity contribution is 9.10. The van der Waals surface area contributed by atoms with E-state index in [1.807, 2.05) is 28.8 Å². The Hall–Kier alpha value is -1.94. The number of nitrogens with one attached hydrogen (secondary N) is 1. The van der Waals surface area contributed by atoms with Crippen LogP contribution in [0.4, 0.5) is 5.95 Å². The van der Waals surface area contributed by atoms with Crippen molar-refractivity contribution in [3.05, 3.63) is 53.0 Å². The molecule has 0 amide bonds. The molecule has 0 unspecified atom stereocenters. The molecular weight excluding hydrogens is 444 g/mol. The monoisotopic (exact) mass is 464 g/mol. The van der Waals surface area contributed by atoms with E-state index in [1.54, 1.807) is 24.3 Å². The van der Waals surface area contributed by atoms with Crippen molar-refractivity contribution in [2.75, 3.05) is 37.6 Å². The second-order valence-corrected chi connectivity index (χ2v) is 9.19. The first-order valence-electron chi connectivity index (χ1n) is 9.07. The highest BCUT2D eigenvalue weighted by atomic mass is 79.9. The third kappa shape index (κ3) is 4.22. The fourth-order valence-corrected chi connectivity index (χ4v) is 4.51. The summed E-state index contributed by atoms with van der Waals surface area (Å²) in [6.45, 7) is 4.66. The molecule has 2 heterocycles. The number of rotatable bonds is 6. The van der Waals surface area contributed by atoms with E-state index in [1.165, 1.54) is 0 Å². The van der Waals surface area contributed by atoms with Crippen LogP contribution in [0.3, 0.4) is 0 Å². The Kier molecular flexibility index (Phi) is 5.68. The van der Waals surface area contributed by atoms with Gasteiger partial charge in [0.1, 0.15) is 0 Å². The summed E-state index contributed by atoms with van der Waals surface area (Å²) in [4.78, 5) is 7.03. The molecule has 2 aromatic carbocycles. The van der Waals surface area contributed by atoms with Crippen LogP contribution < -0.4 is 4.72 Å². The van der Waals surface area contributed by atoms with E-state index >= 15 is 0 Å². The first kappa shape index (κ1) is 19.4. The summed E-state index contributed by atoms with van der Waals surface area (Å²) in [5, 5.41) is 0. The lowest BCUT2D eigenvalue weighted by atomic mass is 10.3. The molecule has 148 valence electrons. The minimum atomic E-state index is -3.73. The van der Waals surface area contributed by atoms with Crippen LogP contribution in [-0.4, -0.2) is 55.7 Å². The molecule has 0 atom stereocenters. The van der Waals surface area contributed by atoms with E-state index in [0.717, 1.165) is 48.4 Å². The first-order chi connectivity index (χ1) is 13.5. The maximum absolute atomic E-state index is 12.8. The quantitative estimate of drug-likeness (QED) is 0.606. The van der Waals surface area contributed by atoms with Gasteiger partial charge in [-0.3, -0.25) is 4.90 Å². The zero-order valence-corrected chi connectivity index (χ0v) is 17.6. The molecule has 1 aliphatic heterocycles. The zero-order valence-electron chi connectivity index (χ0n) is 15.2. The van der Waals surface area contributed by atoms with Crippen LogP contribution >= 0.6 is 15.9 Å². The Labute approximate surface area is 172 Å². The average Bonchev–Trinajstić information content (AvgIpc) is 3.04. The molecule has 9 heteroatoms. The second-order valence-electron chi connectivity index (χ2n) is 6.59. The van der Waals surface area contributed by atoms with Gasteiger partial charge in [0.15, 0.2) is 0 Å². The number of hydrogen-bond acceptors (Lipinski definition) is 5. The summed E-state index contributed by atoms with van der Waals surface area (Å²) in [5.74, 6) is 0.331. The number of ether oxygens (including phenoxy) is 1. The van der Waals surface area contributed by atoms with Gasteiger partial charge in [-0.25, -0.2) is 18.1 Å². The lowest BCUT2D eigenvalue weighted by Crippen LogP contribution is -2.38. The summed E-state index contributed by atoms with van der Waals surface area (Å²) >= 11 is 3.33. The number of benzene rings is 2. The summed E-state index contributed by atoms with van der Waals surface area (Å²) < 4.78 is 36.5. The van der Waals surface area contributed by atoms with Crippen LogP contribution in [0.2, 0.25) is 0 Å². The molecule has 1 aliphatic rings. The molecule has 4 rings (SSSR count). The zero-order chi connectivity index (χ0) is 19.6. The van der Waals surface area contributed by atoms with Crippen molar-refractivity contribution in [2.45, 2.75) is 11.4 Å². The van der Waals surface area contributed by atoms with Gasteiger partial charge in [-0.15, -0.1) is 0 Å². The summed E-state index contributed by atoms with van der Waals surface area (Å²) in [7, 11) is -3.73. The van der Waals surface area contributed by atoms with Crippen molar-refractivity contribution >= 4 is 42.9 Å². The Morgan fingerprint density at radius 3 is 2.50 bits per heavy atom. The molecule has 7 nitrogen and oxygen atoms in total. The Balaban J connectivity index is 1.63. The SMILES string of the molecule is O=S(=O)(Nc1nc2ccccc2n1CCN1CCOCC1)c1ccc(Br)cc1. The van der Waals surface area contributed by atoms with Crippen LogP contribution in [0, 0.1) is 0 Å². The number of morpholine rings is 1. The lowest BCUT2D eigenvalue weighted by Gasteiger charge is -2.27. The largest absolute Gasteiger partial charge is 0.379 e. The number of aromatic nitrogens is 2. The average molecular weight is 465 g/mol. The van der Waals surface area contributed by atoms with Gasteiger partial charge >= 0.3 is 0 Å². The fourth-order valence-electron chi connectivity index (χ4n) is 3.24. The molecule has 0 saturated carbocycles. The predicted octanol–water partition coefficient (Wildman–Crippen LogP) is 2.93. The molecule has 1 fully saturated rings. The number of imidazole rings is 1. The van der Waals surface area contributed by atoms with E-state index in [0.29, 0.717) is 12.5 Å². The van der Waals surface area contributed by atoms with Crippen molar-refractivity contribution in [1.29, 1.82) is 0 Å². The number of hydrogen-bond donors (Lipinski definition) is 1. The second kappa shape index (κ2) is 8.20. The third-order valence-electron chi connectivity index (χ3n) is 4.75. The smallest absolute Gasteiger partial charge is 0.264 e. The van der Waals surface area contributed by atoms with Crippen molar-refractivity contribution < 1.29 is 13.2 Å². The standard InChI is InChI=1S/C19H21BrN4O3S/c20-15-5-7-16(8-6-15)28(25,26)22-19-21-17-3-1-2-4-18(17)24(19)10-9-23-11-13-27-14-12-23/h1-8H,9-14H2,(H,21,22). The normalized spacial score (nSPS) is 15.8. The van der Waals surface area contributed by atoms with Gasteiger partial charge in [0.05, 0.1) is 29.1 Å². The van der Waals surface area contributed by atoms with E-state index < -0.39 is 10.0 Å². The van der Waals surface area contributed by atoms with Crippen molar-refractivity contribution in [2.24, 2.45) is 0 Å². The van der Waals surface area contributed by atoms with Gasteiger partial charge in [0.25, 0.3) is 10.0 Å². The van der Waals surface area contributed by atoms with Gasteiger partial charge in [-0.05, 0) is 36.4 Å². The Morgan fingerprint density at radius 1 is 1.04 bits per heavy atom. The maximum atomic E-state index is 12.8. The summed E-state index contributed by atoms with van der Waals surface area (Å²) in [6, 6.07) is 14.2. The van der Waals surface area contributed by atoms with Crippen molar-refractivity contribution in [1.82, 2.24) is 14.5 Å². The molecule has 0 bridgehead atoms. The molecule has 0 spiro atoms. The molecule has 0 aliphatic carbocycles. The molecule has 1 aromatic heterocycles. The summed E-state index contributed by atoms with van der Waals surface area (Å²) in [5.41, 5.74) is 1.67. The highest BCUT2D eigenvalue weighted by Crippen LogP contribution is 2.23. The van der Waals surface area contributed by atoms with Crippen LogP contribution in [0.15, 0.2) is 57.9 Å². The minimum Gasteiger partial charge on any atom is -0.379 e.